The maximum Gasteiger partial charge on any atom is 0.494 e. The molecule has 0 amide bonds. The number of fused-ring (bicyclic) bond motifs is 1. The number of aromatic nitrogens is 3. The van der Waals surface area contributed by atoms with Crippen molar-refractivity contribution in [2.45, 2.75) is 71.3 Å². The Morgan fingerprint density at radius 3 is 2.42 bits per heavy atom. The highest BCUT2D eigenvalue weighted by Crippen LogP contribution is 2.37. The molecule has 166 valence electrons. The molecule has 1 saturated heterocycles. The third-order valence-corrected chi connectivity index (χ3v) is 7.88. The number of rotatable bonds is 7. The molecular weight excluding hydrogens is 409 g/mol. The van der Waals surface area contributed by atoms with Crippen LogP contribution in [-0.4, -0.2) is 47.8 Å². The summed E-state index contributed by atoms with van der Waals surface area (Å²) >= 11 is 0. The molecule has 0 radical (unpaired) electrons. The minimum atomic E-state index is -1.14. The first-order valence-corrected chi connectivity index (χ1v) is 14.5. The maximum atomic E-state index is 6.24. The van der Waals surface area contributed by atoms with E-state index in [1.54, 1.807) is 6.20 Å². The van der Waals surface area contributed by atoms with Gasteiger partial charge in [-0.15, -0.1) is 0 Å². The van der Waals surface area contributed by atoms with Gasteiger partial charge in [-0.1, -0.05) is 31.8 Å². The molecule has 0 aliphatic carbocycles. The average molecular weight is 441 g/mol. The molecular formula is C22H32BN3O4Si. The van der Waals surface area contributed by atoms with Crippen molar-refractivity contribution in [2.24, 2.45) is 0 Å². The van der Waals surface area contributed by atoms with Crippen molar-refractivity contribution < 1.29 is 18.5 Å². The largest absolute Gasteiger partial charge is 0.494 e. The third-order valence-electron chi connectivity index (χ3n) is 6.18. The number of oxazole rings is 1. The highest BCUT2D eigenvalue weighted by molar-refractivity contribution is 6.76. The Balaban J connectivity index is 1.65. The van der Waals surface area contributed by atoms with Gasteiger partial charge in [-0.25, -0.2) is 9.67 Å². The standard InChI is InChI=1S/C22H32BN3O4Si/c1-21(2)22(3,4)30-23(29-21)16-8-9-18-17(12-16)20(19-13-24-14-28-19)25-26(18)15-27-10-11-31(5,6)7/h8-9,12-14H,10-11,15H2,1-7H3. The number of benzene rings is 1. The Morgan fingerprint density at radius 1 is 1.10 bits per heavy atom. The lowest BCUT2D eigenvalue weighted by Crippen LogP contribution is -2.41. The van der Waals surface area contributed by atoms with Crippen LogP contribution in [0.1, 0.15) is 27.7 Å². The lowest BCUT2D eigenvalue weighted by molar-refractivity contribution is 0.00578. The minimum Gasteiger partial charge on any atom is -0.442 e. The zero-order chi connectivity index (χ0) is 22.4. The predicted octanol–water partition coefficient (Wildman–Crippen LogP) is 4.30. The molecule has 0 N–H and O–H groups in total. The Hall–Kier alpha value is -1.94. The first-order valence-electron chi connectivity index (χ1n) is 10.8. The summed E-state index contributed by atoms with van der Waals surface area (Å²) < 4.78 is 25.9. The minimum absolute atomic E-state index is 0.394. The summed E-state index contributed by atoms with van der Waals surface area (Å²) in [6, 6.07) is 7.27. The van der Waals surface area contributed by atoms with Gasteiger partial charge < -0.3 is 18.5 Å². The second-order valence-corrected chi connectivity index (χ2v) is 16.0. The number of ether oxygens (including phenoxy) is 1. The quantitative estimate of drug-likeness (QED) is 0.402. The van der Waals surface area contributed by atoms with Crippen LogP contribution in [0.3, 0.4) is 0 Å². The van der Waals surface area contributed by atoms with Crippen molar-refractivity contribution in [1.29, 1.82) is 0 Å². The molecule has 0 atom stereocenters. The van der Waals surface area contributed by atoms with E-state index in [2.05, 4.69) is 58.4 Å². The molecule has 31 heavy (non-hydrogen) atoms. The molecule has 3 heterocycles. The van der Waals surface area contributed by atoms with Gasteiger partial charge in [0.15, 0.2) is 12.2 Å². The third kappa shape index (κ3) is 4.50. The van der Waals surface area contributed by atoms with Crippen LogP contribution < -0.4 is 5.46 Å². The summed E-state index contributed by atoms with van der Waals surface area (Å²) in [5.41, 5.74) is 1.87. The van der Waals surface area contributed by atoms with Gasteiger partial charge in [0.05, 0.1) is 22.9 Å². The molecule has 7 nitrogen and oxygen atoms in total. The van der Waals surface area contributed by atoms with Crippen LogP contribution in [0.4, 0.5) is 0 Å². The summed E-state index contributed by atoms with van der Waals surface area (Å²) in [5, 5.41) is 5.73. The fourth-order valence-corrected chi connectivity index (χ4v) is 4.22. The summed E-state index contributed by atoms with van der Waals surface area (Å²) in [4.78, 5) is 4.06. The van der Waals surface area contributed by atoms with Crippen molar-refractivity contribution in [2.75, 3.05) is 6.61 Å². The Bertz CT molecular complexity index is 1040. The average Bonchev–Trinajstić information content (AvgIpc) is 3.35. The molecule has 1 aliphatic rings. The van der Waals surface area contributed by atoms with Crippen molar-refractivity contribution in [1.82, 2.24) is 14.8 Å². The van der Waals surface area contributed by atoms with Crippen LogP contribution in [0.5, 0.6) is 0 Å². The van der Waals surface area contributed by atoms with E-state index in [-0.39, 0.29) is 0 Å². The van der Waals surface area contributed by atoms with Crippen LogP contribution in [0.15, 0.2) is 35.2 Å². The topological polar surface area (TPSA) is 71.5 Å². The van der Waals surface area contributed by atoms with E-state index < -0.39 is 26.4 Å². The van der Waals surface area contributed by atoms with Crippen molar-refractivity contribution >= 4 is 31.6 Å². The molecule has 2 aromatic heterocycles. The highest BCUT2D eigenvalue weighted by atomic mass is 28.3. The summed E-state index contributed by atoms with van der Waals surface area (Å²) in [6.45, 7) is 16.4. The molecule has 4 rings (SSSR count). The van der Waals surface area contributed by atoms with E-state index >= 15 is 0 Å². The van der Waals surface area contributed by atoms with Crippen molar-refractivity contribution in [3.63, 3.8) is 0 Å². The maximum absolute atomic E-state index is 6.24. The normalized spacial score (nSPS) is 18.2. The number of hydrogen-bond donors (Lipinski definition) is 0. The summed E-state index contributed by atoms with van der Waals surface area (Å²) in [7, 11) is -1.58. The lowest BCUT2D eigenvalue weighted by atomic mass is 9.78. The summed E-state index contributed by atoms with van der Waals surface area (Å²) in [5.74, 6) is 0.622. The van der Waals surface area contributed by atoms with E-state index in [4.69, 9.17) is 23.6 Å². The van der Waals surface area contributed by atoms with E-state index in [1.807, 2.05) is 16.8 Å². The predicted molar refractivity (Wildman–Crippen MR) is 125 cm³/mol. The molecule has 9 heteroatoms. The van der Waals surface area contributed by atoms with Gasteiger partial charge >= 0.3 is 7.12 Å². The smallest absolute Gasteiger partial charge is 0.442 e. The Kier molecular flexibility index (Phi) is 5.66. The highest BCUT2D eigenvalue weighted by Gasteiger charge is 2.51. The van der Waals surface area contributed by atoms with Gasteiger partial charge in [-0.05, 0) is 45.3 Å². The number of nitrogens with zero attached hydrogens (tertiary/aromatic N) is 3. The van der Waals surface area contributed by atoms with Crippen LogP contribution in [-0.2, 0) is 20.8 Å². The molecule has 1 aliphatic heterocycles. The first-order chi connectivity index (χ1) is 14.5. The fraction of sp³-hybridized carbons (Fsp3) is 0.545. The second kappa shape index (κ2) is 7.88. The molecule has 3 aromatic rings. The van der Waals surface area contributed by atoms with Gasteiger partial charge in [0.1, 0.15) is 12.4 Å². The second-order valence-electron chi connectivity index (χ2n) is 10.4. The van der Waals surface area contributed by atoms with Crippen molar-refractivity contribution in [3.05, 3.63) is 30.8 Å². The van der Waals surface area contributed by atoms with E-state index in [0.29, 0.717) is 12.5 Å². The first kappa shape index (κ1) is 22.3. The zero-order valence-electron chi connectivity index (χ0n) is 19.6. The van der Waals surface area contributed by atoms with Gasteiger partial charge in [-0.2, -0.15) is 5.10 Å². The van der Waals surface area contributed by atoms with E-state index in [0.717, 1.165) is 34.7 Å². The molecule has 0 unspecified atom stereocenters. The van der Waals surface area contributed by atoms with E-state index in [9.17, 15) is 0 Å². The molecule has 0 spiro atoms. The van der Waals surface area contributed by atoms with E-state index in [1.165, 1.54) is 6.39 Å². The zero-order valence-corrected chi connectivity index (χ0v) is 20.6. The Labute approximate surface area is 185 Å². The molecule has 0 saturated carbocycles. The van der Waals surface area contributed by atoms with Gasteiger partial charge in [0.25, 0.3) is 0 Å². The fourth-order valence-electron chi connectivity index (χ4n) is 3.47. The van der Waals surface area contributed by atoms with Crippen LogP contribution in [0.25, 0.3) is 22.4 Å². The Morgan fingerprint density at radius 2 is 1.81 bits per heavy atom. The van der Waals surface area contributed by atoms with Crippen molar-refractivity contribution in [3.8, 4) is 11.5 Å². The van der Waals surface area contributed by atoms with Gasteiger partial charge in [0.2, 0.25) is 0 Å². The molecule has 0 bridgehead atoms. The summed E-state index contributed by atoms with van der Waals surface area (Å²) in [6.07, 6.45) is 3.10. The molecule has 1 aromatic carbocycles. The van der Waals surface area contributed by atoms with Crippen LogP contribution in [0.2, 0.25) is 25.7 Å². The van der Waals surface area contributed by atoms with Crippen LogP contribution >= 0.6 is 0 Å². The van der Waals surface area contributed by atoms with Gasteiger partial charge in [-0.3, -0.25) is 0 Å². The SMILES string of the molecule is CC1(C)OB(c2ccc3c(c2)c(-c2cnco2)nn3COCC[Si](C)(C)C)OC1(C)C. The monoisotopic (exact) mass is 441 g/mol. The molecule has 1 fully saturated rings. The lowest BCUT2D eigenvalue weighted by Gasteiger charge is -2.32. The number of hydrogen-bond acceptors (Lipinski definition) is 6. The van der Waals surface area contributed by atoms with Crippen LogP contribution in [0, 0.1) is 0 Å². The van der Waals surface area contributed by atoms with Gasteiger partial charge in [0, 0.05) is 20.1 Å².